The number of benzene rings is 2. The van der Waals surface area contributed by atoms with E-state index in [2.05, 4.69) is 10.6 Å². The highest BCUT2D eigenvalue weighted by atomic mass is 16.6. The molecule has 0 spiro atoms. The highest BCUT2D eigenvalue weighted by Crippen LogP contribution is 2.43. The van der Waals surface area contributed by atoms with Gasteiger partial charge in [-0.3, -0.25) is 4.79 Å². The molecule has 31 heavy (non-hydrogen) atoms. The standard InChI is InChI=1S/C24H29N3O4/c1-27(16-17-5-3-2-4-6-17)24(29)25-12-11-22(28)26-23(18-7-8-18)19-9-10-20-21(15-19)31-14-13-30-20/h2-6,9-10,15,18,23H,7-8,11-14,16H2,1H3,(H,25,29)(H,26,28). The Labute approximate surface area is 182 Å². The number of hydrogen-bond donors (Lipinski definition) is 2. The maximum Gasteiger partial charge on any atom is 0.317 e. The minimum absolute atomic E-state index is 0.0419. The van der Waals surface area contributed by atoms with Crippen molar-refractivity contribution in [3.63, 3.8) is 0 Å². The lowest BCUT2D eigenvalue weighted by atomic mass is 10.0. The number of carbonyl (C=O) groups is 2. The number of rotatable bonds is 8. The lowest BCUT2D eigenvalue weighted by molar-refractivity contribution is -0.121. The van der Waals surface area contributed by atoms with Crippen molar-refractivity contribution in [2.45, 2.75) is 31.8 Å². The van der Waals surface area contributed by atoms with Crippen molar-refractivity contribution in [2.75, 3.05) is 26.8 Å². The number of amides is 3. The second kappa shape index (κ2) is 9.73. The molecule has 1 unspecified atom stereocenters. The molecule has 1 atom stereocenters. The van der Waals surface area contributed by atoms with Gasteiger partial charge in [-0.15, -0.1) is 0 Å². The molecular weight excluding hydrogens is 394 g/mol. The first-order valence-electron chi connectivity index (χ1n) is 10.8. The molecule has 7 nitrogen and oxygen atoms in total. The summed E-state index contributed by atoms with van der Waals surface area (Å²) in [7, 11) is 1.74. The third kappa shape index (κ3) is 5.69. The van der Waals surface area contributed by atoms with E-state index in [0.717, 1.165) is 35.5 Å². The quantitative estimate of drug-likeness (QED) is 0.683. The monoisotopic (exact) mass is 423 g/mol. The van der Waals surface area contributed by atoms with Crippen LogP contribution in [0.25, 0.3) is 0 Å². The van der Waals surface area contributed by atoms with Gasteiger partial charge in [0.15, 0.2) is 11.5 Å². The third-order valence-electron chi connectivity index (χ3n) is 5.57. The fourth-order valence-electron chi connectivity index (χ4n) is 3.75. The maximum atomic E-state index is 12.6. The molecule has 1 heterocycles. The van der Waals surface area contributed by atoms with Crippen molar-refractivity contribution < 1.29 is 19.1 Å². The average Bonchev–Trinajstić information content (AvgIpc) is 3.63. The predicted octanol–water partition coefficient (Wildman–Crippen LogP) is 3.26. The molecule has 2 aliphatic rings. The Balaban J connectivity index is 1.26. The van der Waals surface area contributed by atoms with Gasteiger partial charge < -0.3 is 25.0 Å². The van der Waals surface area contributed by atoms with Gasteiger partial charge in [-0.2, -0.15) is 0 Å². The summed E-state index contributed by atoms with van der Waals surface area (Å²) in [6.07, 6.45) is 2.43. The van der Waals surface area contributed by atoms with E-state index in [0.29, 0.717) is 32.2 Å². The van der Waals surface area contributed by atoms with Crippen LogP contribution in [0.15, 0.2) is 48.5 Å². The van der Waals surface area contributed by atoms with Crippen molar-refractivity contribution in [3.05, 3.63) is 59.7 Å². The van der Waals surface area contributed by atoms with Crippen molar-refractivity contribution in [1.29, 1.82) is 0 Å². The molecule has 2 N–H and O–H groups in total. The number of nitrogens with zero attached hydrogens (tertiary/aromatic N) is 1. The molecule has 7 heteroatoms. The van der Waals surface area contributed by atoms with E-state index < -0.39 is 0 Å². The van der Waals surface area contributed by atoms with Gasteiger partial charge in [0.25, 0.3) is 0 Å². The van der Waals surface area contributed by atoms with Gasteiger partial charge in [-0.05, 0) is 42.0 Å². The molecule has 1 saturated carbocycles. The molecule has 0 radical (unpaired) electrons. The van der Waals surface area contributed by atoms with Gasteiger partial charge in [0.2, 0.25) is 5.91 Å². The summed E-state index contributed by atoms with van der Waals surface area (Å²) in [5.41, 5.74) is 2.09. The number of carbonyl (C=O) groups excluding carboxylic acids is 2. The Morgan fingerprint density at radius 2 is 1.81 bits per heavy atom. The normalized spacial score (nSPS) is 15.6. The zero-order valence-electron chi connectivity index (χ0n) is 17.8. The topological polar surface area (TPSA) is 79.9 Å². The zero-order valence-corrected chi connectivity index (χ0v) is 17.8. The first-order chi connectivity index (χ1) is 15.1. The van der Waals surface area contributed by atoms with Crippen LogP contribution in [-0.4, -0.2) is 43.6 Å². The highest BCUT2D eigenvalue weighted by molar-refractivity contribution is 5.78. The van der Waals surface area contributed by atoms with Crippen LogP contribution in [0.4, 0.5) is 4.79 Å². The van der Waals surface area contributed by atoms with Crippen LogP contribution in [-0.2, 0) is 11.3 Å². The zero-order chi connectivity index (χ0) is 21.6. The Morgan fingerprint density at radius 1 is 1.06 bits per heavy atom. The molecule has 164 valence electrons. The molecule has 2 aromatic carbocycles. The van der Waals surface area contributed by atoms with Crippen LogP contribution in [0.5, 0.6) is 11.5 Å². The number of ether oxygens (including phenoxy) is 2. The second-order valence-corrected chi connectivity index (χ2v) is 8.11. The summed E-state index contributed by atoms with van der Waals surface area (Å²) in [6, 6.07) is 15.4. The van der Waals surface area contributed by atoms with E-state index in [1.165, 1.54) is 0 Å². The van der Waals surface area contributed by atoms with Crippen LogP contribution in [0.3, 0.4) is 0 Å². The second-order valence-electron chi connectivity index (χ2n) is 8.11. The lowest BCUT2D eigenvalue weighted by Gasteiger charge is -2.23. The Morgan fingerprint density at radius 3 is 2.55 bits per heavy atom. The van der Waals surface area contributed by atoms with Crippen molar-refractivity contribution >= 4 is 11.9 Å². The Hall–Kier alpha value is -3.22. The van der Waals surface area contributed by atoms with Crippen LogP contribution in [0.2, 0.25) is 0 Å². The molecule has 1 aliphatic carbocycles. The predicted molar refractivity (Wildman–Crippen MR) is 117 cm³/mol. The minimum Gasteiger partial charge on any atom is -0.486 e. The third-order valence-corrected chi connectivity index (χ3v) is 5.57. The highest BCUT2D eigenvalue weighted by Gasteiger charge is 2.34. The van der Waals surface area contributed by atoms with Crippen LogP contribution in [0.1, 0.15) is 36.4 Å². The molecule has 0 aromatic heterocycles. The van der Waals surface area contributed by atoms with Crippen LogP contribution < -0.4 is 20.1 Å². The van der Waals surface area contributed by atoms with Crippen molar-refractivity contribution in [2.24, 2.45) is 5.92 Å². The molecule has 0 bridgehead atoms. The van der Waals surface area contributed by atoms with Gasteiger partial charge in [0.1, 0.15) is 13.2 Å². The van der Waals surface area contributed by atoms with E-state index in [1.807, 2.05) is 48.5 Å². The largest absolute Gasteiger partial charge is 0.486 e. The maximum absolute atomic E-state index is 12.6. The SMILES string of the molecule is CN(Cc1ccccc1)C(=O)NCCC(=O)NC(c1ccc2c(c1)OCCO2)C1CC1. The van der Waals surface area contributed by atoms with Crippen LogP contribution in [0, 0.1) is 5.92 Å². The van der Waals surface area contributed by atoms with Gasteiger partial charge in [0.05, 0.1) is 6.04 Å². The number of hydrogen-bond acceptors (Lipinski definition) is 4. The van der Waals surface area contributed by atoms with Gasteiger partial charge >= 0.3 is 6.03 Å². The number of nitrogens with one attached hydrogen (secondary N) is 2. The molecule has 3 amide bonds. The molecular formula is C24H29N3O4. The van der Waals surface area contributed by atoms with E-state index in [4.69, 9.17) is 9.47 Å². The molecule has 2 aromatic rings. The molecule has 4 rings (SSSR count). The van der Waals surface area contributed by atoms with E-state index >= 15 is 0 Å². The van der Waals surface area contributed by atoms with E-state index in [9.17, 15) is 9.59 Å². The van der Waals surface area contributed by atoms with E-state index in [-0.39, 0.29) is 24.4 Å². The summed E-state index contributed by atoms with van der Waals surface area (Å²) in [6.45, 7) is 1.91. The Bertz CT molecular complexity index is 914. The first kappa shape index (κ1) is 21.0. The van der Waals surface area contributed by atoms with E-state index in [1.54, 1.807) is 11.9 Å². The number of urea groups is 1. The summed E-state index contributed by atoms with van der Waals surface area (Å²) in [5.74, 6) is 1.85. The number of fused-ring (bicyclic) bond motifs is 1. The van der Waals surface area contributed by atoms with Crippen molar-refractivity contribution in [3.8, 4) is 11.5 Å². The smallest absolute Gasteiger partial charge is 0.317 e. The van der Waals surface area contributed by atoms with Gasteiger partial charge in [0, 0.05) is 26.6 Å². The van der Waals surface area contributed by atoms with Gasteiger partial charge in [-0.1, -0.05) is 36.4 Å². The summed E-state index contributed by atoms with van der Waals surface area (Å²) in [4.78, 5) is 26.4. The first-order valence-corrected chi connectivity index (χ1v) is 10.8. The molecule has 1 fully saturated rings. The average molecular weight is 424 g/mol. The molecule has 0 saturated heterocycles. The summed E-state index contributed by atoms with van der Waals surface area (Å²) in [5, 5.41) is 5.97. The van der Waals surface area contributed by atoms with Crippen molar-refractivity contribution in [1.82, 2.24) is 15.5 Å². The minimum atomic E-state index is -0.192. The summed E-state index contributed by atoms with van der Waals surface area (Å²) < 4.78 is 11.3. The van der Waals surface area contributed by atoms with Crippen LogP contribution >= 0.6 is 0 Å². The fraction of sp³-hybridized carbons (Fsp3) is 0.417. The fourth-order valence-corrected chi connectivity index (χ4v) is 3.75. The molecule has 1 aliphatic heterocycles. The van der Waals surface area contributed by atoms with Gasteiger partial charge in [-0.25, -0.2) is 4.79 Å². The Kier molecular flexibility index (Phi) is 6.60. The lowest BCUT2D eigenvalue weighted by Crippen LogP contribution is -2.39. The summed E-state index contributed by atoms with van der Waals surface area (Å²) >= 11 is 0.